The normalized spacial score (nSPS) is 24.6. The number of hydrogen-bond donors (Lipinski definition) is 2. The summed E-state index contributed by atoms with van der Waals surface area (Å²) in [5.41, 5.74) is -0.0885. The van der Waals surface area contributed by atoms with Gasteiger partial charge in [-0.1, -0.05) is 0 Å². The van der Waals surface area contributed by atoms with E-state index in [-0.39, 0.29) is 23.9 Å². The van der Waals surface area contributed by atoms with E-state index in [0.29, 0.717) is 0 Å². The maximum Gasteiger partial charge on any atom is 0.357 e. The number of aromatic carboxylic acids is 1. The summed E-state index contributed by atoms with van der Waals surface area (Å²) >= 11 is 0. The lowest BCUT2D eigenvalue weighted by molar-refractivity contribution is 0.0690. The van der Waals surface area contributed by atoms with Gasteiger partial charge in [0.25, 0.3) is 6.01 Å². The van der Waals surface area contributed by atoms with Gasteiger partial charge in [-0.25, -0.2) is 4.79 Å². The van der Waals surface area contributed by atoms with Gasteiger partial charge in [-0.2, -0.15) is 4.98 Å². The number of aromatic nitrogens is 1. The van der Waals surface area contributed by atoms with E-state index in [2.05, 4.69) is 10.3 Å². The number of carboxylic acid groups (broad SMARTS) is 1. The van der Waals surface area contributed by atoms with Crippen LogP contribution in [0.15, 0.2) is 10.7 Å². The van der Waals surface area contributed by atoms with Gasteiger partial charge in [-0.15, -0.1) is 0 Å². The molecule has 6 nitrogen and oxygen atoms in total. The minimum absolute atomic E-state index is 0.0885. The van der Waals surface area contributed by atoms with E-state index >= 15 is 0 Å². The van der Waals surface area contributed by atoms with E-state index < -0.39 is 5.97 Å². The molecule has 1 fully saturated rings. The van der Waals surface area contributed by atoms with Gasteiger partial charge in [-0.3, -0.25) is 0 Å². The summed E-state index contributed by atoms with van der Waals surface area (Å²) in [6.07, 6.45) is 4.33. The second-order valence-electron chi connectivity index (χ2n) is 3.80. The molecule has 2 N–H and O–H groups in total. The van der Waals surface area contributed by atoms with Crippen molar-refractivity contribution in [2.75, 3.05) is 12.4 Å². The summed E-state index contributed by atoms with van der Waals surface area (Å²) in [7, 11) is 1.67. The Bertz CT molecular complexity index is 377. The van der Waals surface area contributed by atoms with Crippen molar-refractivity contribution in [1.29, 1.82) is 0 Å². The minimum atomic E-state index is -1.09. The predicted molar refractivity (Wildman–Crippen MR) is 55.5 cm³/mol. The minimum Gasteiger partial charge on any atom is -0.476 e. The average Bonchev–Trinajstić information content (AvgIpc) is 2.87. The Labute approximate surface area is 92.6 Å². The highest BCUT2D eigenvalue weighted by Gasteiger charge is 2.28. The van der Waals surface area contributed by atoms with Crippen LogP contribution in [0.2, 0.25) is 0 Å². The van der Waals surface area contributed by atoms with Gasteiger partial charge < -0.3 is 19.6 Å². The van der Waals surface area contributed by atoms with Gasteiger partial charge in [0.05, 0.1) is 12.1 Å². The molecule has 16 heavy (non-hydrogen) atoms. The number of ether oxygens (including phenoxy) is 1. The molecule has 1 aliphatic rings. The first-order chi connectivity index (χ1) is 7.70. The van der Waals surface area contributed by atoms with Gasteiger partial charge >= 0.3 is 5.97 Å². The fourth-order valence-corrected chi connectivity index (χ4v) is 1.97. The fourth-order valence-electron chi connectivity index (χ4n) is 1.97. The van der Waals surface area contributed by atoms with Crippen molar-refractivity contribution in [3.8, 4) is 0 Å². The number of carbonyl (C=O) groups is 1. The SMILES string of the molecule is COC1CCCC1Nc1nc(C(=O)O)co1. The number of hydrogen-bond acceptors (Lipinski definition) is 5. The molecule has 0 aliphatic heterocycles. The van der Waals surface area contributed by atoms with E-state index in [4.69, 9.17) is 14.3 Å². The Morgan fingerprint density at radius 1 is 1.69 bits per heavy atom. The zero-order valence-corrected chi connectivity index (χ0v) is 8.97. The monoisotopic (exact) mass is 226 g/mol. The predicted octanol–water partition coefficient (Wildman–Crippen LogP) is 1.35. The smallest absolute Gasteiger partial charge is 0.357 e. The van der Waals surface area contributed by atoms with Gasteiger partial charge in [0, 0.05) is 7.11 Å². The second kappa shape index (κ2) is 4.52. The van der Waals surface area contributed by atoms with Gasteiger partial charge in [0.15, 0.2) is 5.69 Å². The van der Waals surface area contributed by atoms with E-state index in [1.165, 1.54) is 0 Å². The topological polar surface area (TPSA) is 84.6 Å². The van der Waals surface area contributed by atoms with E-state index in [1.54, 1.807) is 7.11 Å². The summed E-state index contributed by atoms with van der Waals surface area (Å²) < 4.78 is 10.3. The molecule has 6 heteroatoms. The van der Waals surface area contributed by atoms with Crippen LogP contribution < -0.4 is 5.32 Å². The number of anilines is 1. The Morgan fingerprint density at radius 2 is 2.50 bits per heavy atom. The number of oxazole rings is 1. The molecule has 0 spiro atoms. The maximum absolute atomic E-state index is 10.6. The molecule has 1 aromatic rings. The molecule has 2 rings (SSSR count). The van der Waals surface area contributed by atoms with Crippen molar-refractivity contribution in [3.63, 3.8) is 0 Å². The van der Waals surface area contributed by atoms with Gasteiger partial charge in [0.2, 0.25) is 0 Å². The molecule has 1 saturated carbocycles. The first-order valence-corrected chi connectivity index (χ1v) is 5.19. The average molecular weight is 226 g/mol. The van der Waals surface area contributed by atoms with E-state index in [0.717, 1.165) is 25.5 Å². The third kappa shape index (κ3) is 2.16. The summed E-state index contributed by atoms with van der Waals surface area (Å²) in [6, 6.07) is 0.386. The highest BCUT2D eigenvalue weighted by molar-refractivity contribution is 5.85. The van der Waals surface area contributed by atoms with E-state index in [9.17, 15) is 4.79 Å². The lowest BCUT2D eigenvalue weighted by Crippen LogP contribution is -2.29. The molecule has 1 heterocycles. The number of carboxylic acids is 1. The summed E-state index contributed by atoms with van der Waals surface area (Å²) in [6.45, 7) is 0. The number of methoxy groups -OCH3 is 1. The van der Waals surface area contributed by atoms with Crippen molar-refractivity contribution >= 4 is 12.0 Å². The summed E-state index contributed by atoms with van der Waals surface area (Å²) in [4.78, 5) is 14.4. The zero-order chi connectivity index (χ0) is 11.5. The molecule has 0 aromatic carbocycles. The standard InChI is InChI=1S/C10H14N2O4/c1-15-8-4-2-3-6(8)11-10-12-7(5-16-10)9(13)14/h5-6,8H,2-4H2,1H3,(H,11,12)(H,13,14). The maximum atomic E-state index is 10.6. The molecule has 2 atom stereocenters. The lowest BCUT2D eigenvalue weighted by Gasteiger charge is -2.17. The summed E-state index contributed by atoms with van der Waals surface area (Å²) in [5.74, 6) is -1.09. The molecule has 2 unspecified atom stereocenters. The van der Waals surface area contributed by atoms with Crippen LogP contribution in [0.3, 0.4) is 0 Å². The van der Waals surface area contributed by atoms with Crippen molar-refractivity contribution in [1.82, 2.24) is 4.98 Å². The summed E-state index contributed by atoms with van der Waals surface area (Å²) in [5, 5.41) is 11.7. The Morgan fingerprint density at radius 3 is 3.12 bits per heavy atom. The zero-order valence-electron chi connectivity index (χ0n) is 8.97. The Hall–Kier alpha value is -1.56. The van der Waals surface area contributed by atoms with Crippen molar-refractivity contribution in [2.45, 2.75) is 31.4 Å². The molecule has 88 valence electrons. The van der Waals surface area contributed by atoms with Crippen LogP contribution in [-0.4, -0.2) is 35.3 Å². The molecule has 0 bridgehead atoms. The molecule has 1 aromatic heterocycles. The van der Waals surface area contributed by atoms with Crippen LogP contribution >= 0.6 is 0 Å². The first kappa shape index (κ1) is 10.9. The van der Waals surface area contributed by atoms with Crippen LogP contribution in [0.25, 0.3) is 0 Å². The van der Waals surface area contributed by atoms with Crippen molar-refractivity contribution in [2.24, 2.45) is 0 Å². The first-order valence-electron chi connectivity index (χ1n) is 5.19. The molecular weight excluding hydrogens is 212 g/mol. The Kier molecular flexibility index (Phi) is 3.09. The quantitative estimate of drug-likeness (QED) is 0.806. The highest BCUT2D eigenvalue weighted by Crippen LogP contribution is 2.24. The number of nitrogens with one attached hydrogen (secondary N) is 1. The van der Waals surface area contributed by atoms with Crippen LogP contribution in [0.5, 0.6) is 0 Å². The van der Waals surface area contributed by atoms with Crippen molar-refractivity contribution < 1.29 is 19.1 Å². The van der Waals surface area contributed by atoms with Crippen LogP contribution in [-0.2, 0) is 4.74 Å². The molecule has 0 radical (unpaired) electrons. The molecule has 0 saturated heterocycles. The largest absolute Gasteiger partial charge is 0.476 e. The van der Waals surface area contributed by atoms with Crippen molar-refractivity contribution in [3.05, 3.63) is 12.0 Å². The third-order valence-corrected chi connectivity index (χ3v) is 2.79. The molecule has 1 aliphatic carbocycles. The molecular formula is C10H14N2O4. The second-order valence-corrected chi connectivity index (χ2v) is 3.80. The Balaban J connectivity index is 2.00. The molecule has 0 amide bonds. The van der Waals surface area contributed by atoms with E-state index in [1.807, 2.05) is 0 Å². The third-order valence-electron chi connectivity index (χ3n) is 2.79. The fraction of sp³-hybridized carbons (Fsp3) is 0.600. The van der Waals surface area contributed by atoms with Crippen LogP contribution in [0, 0.1) is 0 Å². The van der Waals surface area contributed by atoms with Crippen LogP contribution in [0.1, 0.15) is 29.8 Å². The number of nitrogens with zero attached hydrogens (tertiary/aromatic N) is 1. The lowest BCUT2D eigenvalue weighted by atomic mass is 10.2. The van der Waals surface area contributed by atoms with Crippen LogP contribution in [0.4, 0.5) is 6.01 Å². The highest BCUT2D eigenvalue weighted by atomic mass is 16.5. The van der Waals surface area contributed by atoms with Gasteiger partial charge in [-0.05, 0) is 19.3 Å². The van der Waals surface area contributed by atoms with Gasteiger partial charge in [0.1, 0.15) is 6.26 Å². The number of rotatable bonds is 4.